The van der Waals surface area contributed by atoms with E-state index in [0.29, 0.717) is 11.1 Å². The number of para-hydroxylation sites is 2. The Hall–Kier alpha value is -7.02. The van der Waals surface area contributed by atoms with Crippen LogP contribution in [0.25, 0.3) is 22.3 Å². The quantitative estimate of drug-likeness (QED) is 0.171. The highest BCUT2D eigenvalue weighted by molar-refractivity contribution is 6.98. The van der Waals surface area contributed by atoms with Crippen LogP contribution in [0.5, 0.6) is 23.0 Å². The lowest BCUT2D eigenvalue weighted by Crippen LogP contribution is -2.57. The maximum atomic E-state index is 9.66. The van der Waals surface area contributed by atoms with Gasteiger partial charge in [-0.2, -0.15) is 10.5 Å². The highest BCUT2D eigenvalue weighted by Gasteiger charge is 2.41. The second-order valence-corrected chi connectivity index (χ2v) is 13.3. The fourth-order valence-corrected chi connectivity index (χ4v) is 7.55. The zero-order chi connectivity index (χ0) is 35.3. The van der Waals surface area contributed by atoms with Gasteiger partial charge in [0, 0.05) is 29.0 Å². The second kappa shape index (κ2) is 12.4. The van der Waals surface area contributed by atoms with Gasteiger partial charge in [-0.15, -0.1) is 0 Å². The molecule has 5 nitrogen and oxygen atoms in total. The first-order chi connectivity index (χ1) is 25.5. The van der Waals surface area contributed by atoms with Crippen LogP contribution >= 0.6 is 0 Å². The Balaban J connectivity index is 1.26. The van der Waals surface area contributed by atoms with Crippen LogP contribution in [0.2, 0.25) is 0 Å². The smallest absolute Gasteiger partial charge is 0.260 e. The van der Waals surface area contributed by atoms with Gasteiger partial charge in [0.2, 0.25) is 0 Å². The fourth-order valence-electron chi connectivity index (χ4n) is 7.55. The van der Waals surface area contributed by atoms with E-state index in [-0.39, 0.29) is 6.71 Å². The summed E-state index contributed by atoms with van der Waals surface area (Å²) in [5.41, 5.74) is 13.4. The van der Waals surface area contributed by atoms with Crippen LogP contribution in [-0.2, 0) is 0 Å². The summed E-state index contributed by atoms with van der Waals surface area (Å²) < 4.78 is 13.8. The lowest BCUT2D eigenvalue weighted by molar-refractivity contribution is 0.465. The van der Waals surface area contributed by atoms with Crippen molar-refractivity contribution in [2.75, 3.05) is 4.90 Å². The number of anilines is 3. The molecule has 0 aliphatic carbocycles. The van der Waals surface area contributed by atoms with Crippen LogP contribution in [0.4, 0.5) is 17.1 Å². The van der Waals surface area contributed by atoms with Crippen LogP contribution in [0.3, 0.4) is 0 Å². The molecule has 52 heavy (non-hydrogen) atoms. The number of benzene rings is 7. The van der Waals surface area contributed by atoms with Gasteiger partial charge in [-0.05, 0) is 119 Å². The minimum Gasteiger partial charge on any atom is -0.458 e. The Bertz CT molecular complexity index is 2460. The molecule has 0 saturated heterocycles. The average molecular weight is 668 g/mol. The Kier molecular flexibility index (Phi) is 7.39. The Morgan fingerprint density at radius 3 is 1.38 bits per heavy atom. The highest BCUT2D eigenvalue weighted by atomic mass is 16.5. The molecule has 2 heterocycles. The van der Waals surface area contributed by atoms with Crippen LogP contribution < -0.4 is 30.8 Å². The fraction of sp³-hybridized carbons (Fsp3) is 0.0435. The summed E-state index contributed by atoms with van der Waals surface area (Å²) >= 11 is 0. The summed E-state index contributed by atoms with van der Waals surface area (Å²) in [6.45, 7) is 3.98. The van der Waals surface area contributed by atoms with Gasteiger partial charge in [-0.25, -0.2) is 0 Å². The molecule has 0 spiro atoms. The third-order valence-corrected chi connectivity index (χ3v) is 10.1. The normalized spacial score (nSPS) is 11.9. The Labute approximate surface area is 303 Å². The van der Waals surface area contributed by atoms with Crippen molar-refractivity contribution in [2.24, 2.45) is 0 Å². The van der Waals surface area contributed by atoms with Crippen molar-refractivity contribution >= 4 is 40.2 Å². The Morgan fingerprint density at radius 1 is 0.481 bits per heavy atom. The van der Waals surface area contributed by atoms with Crippen molar-refractivity contribution in [3.8, 4) is 57.4 Å². The molecule has 0 bridgehead atoms. The van der Waals surface area contributed by atoms with E-state index in [2.05, 4.69) is 104 Å². The molecule has 0 aromatic heterocycles. The first kappa shape index (κ1) is 31.0. The van der Waals surface area contributed by atoms with Crippen LogP contribution in [0.15, 0.2) is 146 Å². The summed E-state index contributed by atoms with van der Waals surface area (Å²) in [4.78, 5) is 2.21. The van der Waals surface area contributed by atoms with E-state index < -0.39 is 0 Å². The van der Waals surface area contributed by atoms with E-state index in [4.69, 9.17) is 9.47 Å². The number of ether oxygens (including phenoxy) is 2. The topological polar surface area (TPSA) is 69.3 Å². The molecule has 0 fully saturated rings. The predicted molar refractivity (Wildman–Crippen MR) is 209 cm³/mol. The van der Waals surface area contributed by atoms with Crippen molar-refractivity contribution in [1.82, 2.24) is 0 Å². The van der Waals surface area contributed by atoms with E-state index in [9.17, 15) is 10.5 Å². The third kappa shape index (κ3) is 5.18. The molecule has 7 aromatic carbocycles. The lowest BCUT2D eigenvalue weighted by atomic mass is 9.34. The summed E-state index contributed by atoms with van der Waals surface area (Å²) in [5, 5.41) is 19.3. The largest absolute Gasteiger partial charge is 0.458 e. The first-order valence-corrected chi connectivity index (χ1v) is 17.2. The number of nitrogens with zero attached hydrogens (tertiary/aromatic N) is 3. The summed E-state index contributed by atoms with van der Waals surface area (Å²) in [5.74, 6) is 2.99. The monoisotopic (exact) mass is 667 g/mol. The summed E-state index contributed by atoms with van der Waals surface area (Å²) in [7, 11) is 0. The van der Waals surface area contributed by atoms with Crippen molar-refractivity contribution in [1.29, 1.82) is 10.5 Å². The zero-order valence-corrected chi connectivity index (χ0v) is 28.6. The van der Waals surface area contributed by atoms with Crippen LogP contribution in [0, 0.1) is 36.5 Å². The first-order valence-electron chi connectivity index (χ1n) is 17.2. The van der Waals surface area contributed by atoms with Gasteiger partial charge in [-0.3, -0.25) is 0 Å². The third-order valence-electron chi connectivity index (χ3n) is 10.1. The van der Waals surface area contributed by atoms with E-state index in [1.807, 2.05) is 72.8 Å². The zero-order valence-electron chi connectivity index (χ0n) is 28.6. The number of fused-ring (bicyclic) bond motifs is 4. The van der Waals surface area contributed by atoms with E-state index in [1.165, 1.54) is 0 Å². The average Bonchev–Trinajstić information content (AvgIpc) is 3.18. The maximum Gasteiger partial charge on any atom is 0.260 e. The summed E-state index contributed by atoms with van der Waals surface area (Å²) in [6, 6.07) is 53.7. The molecule has 6 heteroatoms. The molecule has 2 aliphatic rings. The number of hydrogen-bond donors (Lipinski definition) is 0. The van der Waals surface area contributed by atoms with Crippen molar-refractivity contribution in [2.45, 2.75) is 13.8 Å². The van der Waals surface area contributed by atoms with Gasteiger partial charge in [-0.1, -0.05) is 72.8 Å². The molecule has 9 rings (SSSR count). The molecule has 2 aliphatic heterocycles. The molecule has 0 unspecified atom stereocenters. The number of aryl methyl sites for hydroxylation is 2. The van der Waals surface area contributed by atoms with Crippen LogP contribution in [0.1, 0.15) is 22.3 Å². The molecule has 0 atom stereocenters. The van der Waals surface area contributed by atoms with Gasteiger partial charge in [0.25, 0.3) is 6.71 Å². The lowest BCUT2D eigenvalue weighted by Gasteiger charge is -2.35. The molecule has 7 aromatic rings. The minimum absolute atomic E-state index is 0.144. The van der Waals surface area contributed by atoms with Gasteiger partial charge < -0.3 is 14.4 Å². The standard InChI is InChI=1S/C46H30BN3O2/c1-29-13-15-31(27-48)21-38(29)33-17-19-40-42(23-33)51-44-25-37(50(35-9-5-3-6-10-35)36-11-7-4-8-12-36)26-45-46(44)47(40)41-20-18-34(24-43(41)52-45)39-22-32(28-49)16-14-30(39)2/h3-26H,1-2H3. The molecule has 0 amide bonds. The van der Waals surface area contributed by atoms with Crippen molar-refractivity contribution in [3.05, 3.63) is 168 Å². The minimum atomic E-state index is -0.144. The molecule has 244 valence electrons. The number of nitriles is 2. The molecular formula is C46H30BN3O2. The second-order valence-electron chi connectivity index (χ2n) is 13.3. The van der Waals surface area contributed by atoms with E-state index >= 15 is 0 Å². The van der Waals surface area contributed by atoms with Gasteiger partial charge in [0.1, 0.15) is 23.0 Å². The Morgan fingerprint density at radius 2 is 0.942 bits per heavy atom. The molecular weight excluding hydrogens is 637 g/mol. The summed E-state index contributed by atoms with van der Waals surface area (Å²) in [6.07, 6.45) is 0. The predicted octanol–water partition coefficient (Wildman–Crippen LogP) is 9.58. The number of hydrogen-bond acceptors (Lipinski definition) is 5. The van der Waals surface area contributed by atoms with Crippen LogP contribution in [-0.4, -0.2) is 6.71 Å². The van der Waals surface area contributed by atoms with Gasteiger partial charge in [0.15, 0.2) is 0 Å². The van der Waals surface area contributed by atoms with Gasteiger partial charge in [0.05, 0.1) is 29.0 Å². The molecule has 0 saturated carbocycles. The molecule has 0 radical (unpaired) electrons. The SMILES string of the molecule is Cc1ccc(C#N)cc1-c1ccc2c(c1)Oc1cc(N(c3ccccc3)c3ccccc3)cc3c1B2c1ccc(-c2cc(C#N)ccc2C)cc1O3. The maximum absolute atomic E-state index is 9.66. The highest BCUT2D eigenvalue weighted by Crippen LogP contribution is 2.43. The molecule has 0 N–H and O–H groups in total. The van der Waals surface area contributed by atoms with E-state index in [0.717, 1.165) is 89.8 Å². The van der Waals surface area contributed by atoms with Gasteiger partial charge >= 0.3 is 0 Å². The van der Waals surface area contributed by atoms with Crippen molar-refractivity contribution < 1.29 is 9.47 Å². The van der Waals surface area contributed by atoms with Crippen molar-refractivity contribution in [3.63, 3.8) is 0 Å². The van der Waals surface area contributed by atoms with E-state index in [1.54, 1.807) is 0 Å². The number of rotatable bonds is 5.